The first-order valence-electron chi connectivity index (χ1n) is 9.26. The van der Waals surface area contributed by atoms with Gasteiger partial charge in [-0.2, -0.15) is 0 Å². The summed E-state index contributed by atoms with van der Waals surface area (Å²) >= 11 is 1.14. The second-order valence-electron chi connectivity index (χ2n) is 7.87. The minimum absolute atomic E-state index is 0.300. The maximum atomic E-state index is 12.6. The van der Waals surface area contributed by atoms with Crippen molar-refractivity contribution >= 4 is 33.5 Å². The second kappa shape index (κ2) is 8.21. The highest BCUT2D eigenvalue weighted by atomic mass is 32.1. The number of thiophene rings is 1. The van der Waals surface area contributed by atoms with Gasteiger partial charge in [-0.3, -0.25) is 9.69 Å². The standard InChI is InChI=1S/C19H25N3O6S/c1-10-13-15(23)20-12(21-16(13)29-14(10)18(25)26-5)9-22-6-7-27-11(8-22)17(24)28-19(2,3)4/h11H,6-9H2,1-5H3,(H,20,21,23)/t11-/m0/s1. The molecule has 0 amide bonds. The van der Waals surface area contributed by atoms with E-state index < -0.39 is 23.6 Å². The number of hydrogen-bond acceptors (Lipinski definition) is 9. The van der Waals surface area contributed by atoms with Gasteiger partial charge in [0.1, 0.15) is 21.1 Å². The molecule has 1 fully saturated rings. The van der Waals surface area contributed by atoms with Crippen molar-refractivity contribution in [2.45, 2.75) is 45.9 Å². The number of carbonyl (C=O) groups excluding carboxylic acids is 2. The first-order chi connectivity index (χ1) is 13.6. The van der Waals surface area contributed by atoms with E-state index in [0.29, 0.717) is 52.7 Å². The fraction of sp³-hybridized carbons (Fsp3) is 0.579. The molecule has 0 radical (unpaired) electrons. The number of H-pyrrole nitrogens is 1. The number of carbonyl (C=O) groups is 2. The Kier molecular flexibility index (Phi) is 6.06. The van der Waals surface area contributed by atoms with Crippen LogP contribution in [0.5, 0.6) is 0 Å². The smallest absolute Gasteiger partial charge is 0.348 e. The predicted octanol–water partition coefficient (Wildman–Crippen LogP) is 1.62. The highest BCUT2D eigenvalue weighted by Gasteiger charge is 2.31. The molecule has 9 nitrogen and oxygen atoms in total. The van der Waals surface area contributed by atoms with Crippen LogP contribution in [-0.2, 0) is 25.5 Å². The Balaban J connectivity index is 1.78. The highest BCUT2D eigenvalue weighted by Crippen LogP contribution is 2.27. The van der Waals surface area contributed by atoms with E-state index in [4.69, 9.17) is 14.2 Å². The molecule has 1 saturated heterocycles. The van der Waals surface area contributed by atoms with Crippen LogP contribution < -0.4 is 5.56 Å². The molecule has 0 bridgehead atoms. The van der Waals surface area contributed by atoms with Crippen LogP contribution in [0.25, 0.3) is 10.2 Å². The number of aromatic nitrogens is 2. The number of aryl methyl sites for hydroxylation is 1. The Hall–Kier alpha value is -2.30. The zero-order valence-corrected chi connectivity index (χ0v) is 18.0. The monoisotopic (exact) mass is 423 g/mol. The predicted molar refractivity (Wildman–Crippen MR) is 107 cm³/mol. The van der Waals surface area contributed by atoms with E-state index in [2.05, 4.69) is 9.97 Å². The van der Waals surface area contributed by atoms with Gasteiger partial charge >= 0.3 is 11.9 Å². The number of fused-ring (bicyclic) bond motifs is 1. The zero-order valence-electron chi connectivity index (χ0n) is 17.2. The van der Waals surface area contributed by atoms with Crippen molar-refractivity contribution < 1.29 is 23.8 Å². The van der Waals surface area contributed by atoms with Gasteiger partial charge in [-0.25, -0.2) is 14.6 Å². The van der Waals surface area contributed by atoms with Gasteiger partial charge in [-0.15, -0.1) is 11.3 Å². The van der Waals surface area contributed by atoms with Gasteiger partial charge in [0.15, 0.2) is 6.10 Å². The van der Waals surface area contributed by atoms with Crippen molar-refractivity contribution in [3.63, 3.8) is 0 Å². The Labute approximate surface area is 172 Å². The van der Waals surface area contributed by atoms with Gasteiger partial charge in [-0.1, -0.05) is 0 Å². The van der Waals surface area contributed by atoms with E-state index in [-0.39, 0.29) is 5.56 Å². The van der Waals surface area contributed by atoms with E-state index in [9.17, 15) is 14.4 Å². The average Bonchev–Trinajstić information content (AvgIpc) is 2.97. The summed E-state index contributed by atoms with van der Waals surface area (Å²) in [5, 5.41) is 0.396. The SMILES string of the molecule is COC(=O)c1sc2nc(CN3CCO[C@H](C(=O)OC(C)(C)C)C3)[nH]c(=O)c2c1C. The summed E-state index contributed by atoms with van der Waals surface area (Å²) in [5.41, 5.74) is -0.325. The third-order valence-electron chi connectivity index (χ3n) is 4.41. The number of nitrogens with zero attached hydrogens (tertiary/aromatic N) is 2. The maximum Gasteiger partial charge on any atom is 0.348 e. The number of morpholine rings is 1. The zero-order chi connectivity index (χ0) is 21.3. The first-order valence-corrected chi connectivity index (χ1v) is 10.1. The van der Waals surface area contributed by atoms with Gasteiger partial charge in [0, 0.05) is 13.1 Å². The van der Waals surface area contributed by atoms with Gasteiger partial charge in [0.05, 0.1) is 25.6 Å². The maximum absolute atomic E-state index is 12.6. The van der Waals surface area contributed by atoms with Crippen LogP contribution in [0.3, 0.4) is 0 Å². The van der Waals surface area contributed by atoms with Crippen LogP contribution in [-0.4, -0.2) is 65.3 Å². The van der Waals surface area contributed by atoms with E-state index in [1.165, 1.54) is 7.11 Å². The first kappa shape index (κ1) is 21.4. The molecule has 3 rings (SSSR count). The largest absolute Gasteiger partial charge is 0.465 e. The topological polar surface area (TPSA) is 111 Å². The minimum Gasteiger partial charge on any atom is -0.465 e. The van der Waals surface area contributed by atoms with Crippen molar-refractivity contribution in [1.82, 2.24) is 14.9 Å². The molecule has 1 aliphatic rings. The highest BCUT2D eigenvalue weighted by molar-refractivity contribution is 7.20. The number of methoxy groups -OCH3 is 1. The van der Waals surface area contributed by atoms with Crippen LogP contribution >= 0.6 is 11.3 Å². The van der Waals surface area contributed by atoms with Crippen LogP contribution in [0.15, 0.2) is 4.79 Å². The lowest BCUT2D eigenvalue weighted by Gasteiger charge is -2.32. The lowest BCUT2D eigenvalue weighted by Crippen LogP contribution is -2.47. The Morgan fingerprint density at radius 1 is 1.38 bits per heavy atom. The summed E-state index contributed by atoms with van der Waals surface area (Å²) < 4.78 is 15.7. The molecule has 3 heterocycles. The number of hydrogen-bond donors (Lipinski definition) is 1. The summed E-state index contributed by atoms with van der Waals surface area (Å²) in [5.74, 6) is -0.430. The molecule has 158 valence electrons. The average molecular weight is 423 g/mol. The third-order valence-corrected chi connectivity index (χ3v) is 5.58. The van der Waals surface area contributed by atoms with Crippen LogP contribution in [0, 0.1) is 6.92 Å². The van der Waals surface area contributed by atoms with Gasteiger partial charge in [0.25, 0.3) is 5.56 Å². The fourth-order valence-electron chi connectivity index (χ4n) is 3.12. The lowest BCUT2D eigenvalue weighted by atomic mass is 10.2. The number of nitrogens with one attached hydrogen (secondary N) is 1. The van der Waals surface area contributed by atoms with E-state index >= 15 is 0 Å². The second-order valence-corrected chi connectivity index (χ2v) is 8.87. The van der Waals surface area contributed by atoms with Gasteiger partial charge < -0.3 is 19.2 Å². The molecule has 0 saturated carbocycles. The van der Waals surface area contributed by atoms with E-state index in [1.807, 2.05) is 4.90 Å². The molecule has 0 aliphatic carbocycles. The molecule has 0 spiro atoms. The number of esters is 2. The molecule has 29 heavy (non-hydrogen) atoms. The van der Waals surface area contributed by atoms with E-state index in [1.54, 1.807) is 27.7 Å². The molecular formula is C19H25N3O6S. The van der Waals surface area contributed by atoms with Crippen molar-refractivity contribution in [2.24, 2.45) is 0 Å². The number of ether oxygens (including phenoxy) is 3. The van der Waals surface area contributed by atoms with Crippen molar-refractivity contribution in [3.05, 3.63) is 26.6 Å². The molecule has 1 aliphatic heterocycles. The Morgan fingerprint density at radius 2 is 2.10 bits per heavy atom. The summed E-state index contributed by atoms with van der Waals surface area (Å²) in [7, 11) is 1.30. The molecule has 10 heteroatoms. The summed E-state index contributed by atoms with van der Waals surface area (Å²) in [6, 6.07) is 0. The number of aromatic amines is 1. The molecule has 2 aromatic rings. The van der Waals surface area contributed by atoms with E-state index in [0.717, 1.165) is 11.3 Å². The Morgan fingerprint density at radius 3 is 2.76 bits per heavy atom. The summed E-state index contributed by atoms with van der Waals surface area (Å²) in [4.78, 5) is 46.9. The van der Waals surface area contributed by atoms with Crippen molar-refractivity contribution in [1.29, 1.82) is 0 Å². The van der Waals surface area contributed by atoms with Crippen molar-refractivity contribution in [2.75, 3.05) is 26.8 Å². The molecule has 1 N–H and O–H groups in total. The molecule has 0 aromatic carbocycles. The third kappa shape index (κ3) is 4.82. The van der Waals surface area contributed by atoms with Crippen LogP contribution in [0.2, 0.25) is 0 Å². The quantitative estimate of drug-likeness (QED) is 0.739. The molecular weight excluding hydrogens is 398 g/mol. The minimum atomic E-state index is -0.687. The van der Waals surface area contributed by atoms with Gasteiger partial charge in [-0.05, 0) is 33.3 Å². The molecule has 1 atom stereocenters. The van der Waals surface area contributed by atoms with Gasteiger partial charge in [0.2, 0.25) is 0 Å². The Bertz CT molecular complexity index is 990. The van der Waals surface area contributed by atoms with Crippen LogP contribution in [0.1, 0.15) is 41.8 Å². The molecule has 2 aromatic heterocycles. The summed E-state index contributed by atoms with van der Waals surface area (Å²) in [6.07, 6.45) is -0.687. The number of rotatable bonds is 4. The van der Waals surface area contributed by atoms with Crippen molar-refractivity contribution in [3.8, 4) is 0 Å². The molecule has 0 unspecified atom stereocenters. The lowest BCUT2D eigenvalue weighted by molar-refractivity contribution is -0.174. The normalized spacial score (nSPS) is 18.0. The summed E-state index contributed by atoms with van der Waals surface area (Å²) in [6.45, 7) is 8.78. The van der Waals surface area contributed by atoms with Crippen LogP contribution in [0.4, 0.5) is 0 Å². The fourth-order valence-corrected chi connectivity index (χ4v) is 4.24.